The van der Waals surface area contributed by atoms with Crippen molar-refractivity contribution in [1.82, 2.24) is 0 Å². The van der Waals surface area contributed by atoms with Crippen LogP contribution in [0.5, 0.6) is 0 Å². The molecule has 6 nitrogen and oxygen atoms in total. The molecule has 8 heteroatoms. The third-order valence-electron chi connectivity index (χ3n) is 7.30. The molecule has 1 saturated carbocycles. The number of sulfonamides is 2. The Morgan fingerprint density at radius 1 is 0.462 bits per heavy atom. The molecule has 194 valence electrons. The Kier molecular flexibility index (Phi) is 6.16. The summed E-state index contributed by atoms with van der Waals surface area (Å²) in [7, 11) is -8.00. The molecule has 0 saturated heterocycles. The molecule has 2 unspecified atom stereocenters. The SMILES string of the molecule is O=S(=O)(/N=C1C=C/C(=N\S(=O)(=O)c2ccccc2)C2C/1C2(c1ccccc1)c1ccccc1)c1ccccc1. The van der Waals surface area contributed by atoms with Crippen LogP contribution in [0.25, 0.3) is 0 Å². The molecule has 4 aromatic rings. The number of hydrogen-bond donors (Lipinski definition) is 0. The first-order valence-electron chi connectivity index (χ1n) is 12.4. The van der Waals surface area contributed by atoms with Gasteiger partial charge in [0.15, 0.2) is 0 Å². The quantitative estimate of drug-likeness (QED) is 0.318. The standard InChI is InChI=1S/C31H24N2O4S2/c34-38(35,25-17-9-3-10-18-25)32-27-21-22-28(33-39(36,37)26-19-11-4-12-20-26)30-29(27)31(30,23-13-5-1-6-14-23)24-15-7-2-8-16-24/h1-22,29-30H/b32-27-,33-28+. The van der Waals surface area contributed by atoms with E-state index in [1.807, 2.05) is 60.7 Å². The Morgan fingerprint density at radius 2 is 0.769 bits per heavy atom. The number of nitrogens with zero attached hydrogens (tertiary/aromatic N) is 2. The lowest BCUT2D eigenvalue weighted by Gasteiger charge is -2.20. The van der Waals surface area contributed by atoms with Crippen LogP contribution in [0.3, 0.4) is 0 Å². The maximum Gasteiger partial charge on any atom is 0.282 e. The van der Waals surface area contributed by atoms with Gasteiger partial charge in [-0.1, -0.05) is 97.1 Å². The lowest BCUT2D eigenvalue weighted by molar-refractivity contribution is 0.596. The van der Waals surface area contributed by atoms with Crippen LogP contribution >= 0.6 is 0 Å². The third-order valence-corrected chi connectivity index (χ3v) is 9.94. The summed E-state index contributed by atoms with van der Waals surface area (Å²) in [5.41, 5.74) is 1.86. The minimum atomic E-state index is -4.00. The van der Waals surface area contributed by atoms with Gasteiger partial charge in [0.25, 0.3) is 20.0 Å². The van der Waals surface area contributed by atoms with E-state index in [2.05, 4.69) is 8.80 Å². The Bertz CT molecular complexity index is 1680. The predicted molar refractivity (Wildman–Crippen MR) is 152 cm³/mol. The van der Waals surface area contributed by atoms with Crippen LogP contribution in [0.4, 0.5) is 0 Å². The van der Waals surface area contributed by atoms with Crippen molar-refractivity contribution in [2.45, 2.75) is 15.2 Å². The topological polar surface area (TPSA) is 93.0 Å². The Labute approximate surface area is 228 Å². The normalized spacial score (nSPS) is 21.9. The minimum absolute atomic E-state index is 0.0965. The Morgan fingerprint density at radius 3 is 1.10 bits per heavy atom. The highest BCUT2D eigenvalue weighted by Crippen LogP contribution is 2.66. The van der Waals surface area contributed by atoms with Crippen molar-refractivity contribution in [2.24, 2.45) is 20.6 Å². The molecule has 0 spiro atoms. The lowest BCUT2D eigenvalue weighted by Crippen LogP contribution is -2.17. The predicted octanol–water partition coefficient (Wildman–Crippen LogP) is 5.45. The molecule has 0 amide bonds. The summed E-state index contributed by atoms with van der Waals surface area (Å²) >= 11 is 0. The molecule has 0 bridgehead atoms. The average molecular weight is 553 g/mol. The smallest absolute Gasteiger partial charge is 0.199 e. The Hall–Kier alpha value is -4.14. The van der Waals surface area contributed by atoms with Gasteiger partial charge in [0.1, 0.15) is 0 Å². The highest BCUT2D eigenvalue weighted by molar-refractivity contribution is 7.90. The van der Waals surface area contributed by atoms with Crippen molar-refractivity contribution in [3.63, 3.8) is 0 Å². The summed E-state index contributed by atoms with van der Waals surface area (Å²) in [4.78, 5) is 0.193. The molecule has 2 atom stereocenters. The summed E-state index contributed by atoms with van der Waals surface area (Å²) in [6, 6.07) is 35.6. The first-order chi connectivity index (χ1) is 18.8. The van der Waals surface area contributed by atoms with Crippen LogP contribution in [-0.4, -0.2) is 28.3 Å². The summed E-state index contributed by atoms with van der Waals surface area (Å²) in [5.74, 6) is -0.869. The molecule has 2 aliphatic rings. The largest absolute Gasteiger partial charge is 0.282 e. The van der Waals surface area contributed by atoms with Gasteiger partial charge in [-0.15, -0.1) is 0 Å². The first kappa shape index (κ1) is 25.2. The van der Waals surface area contributed by atoms with E-state index < -0.39 is 37.3 Å². The van der Waals surface area contributed by atoms with Gasteiger partial charge < -0.3 is 0 Å². The van der Waals surface area contributed by atoms with E-state index >= 15 is 0 Å². The number of hydrogen-bond acceptors (Lipinski definition) is 4. The van der Waals surface area contributed by atoms with Gasteiger partial charge in [-0.25, -0.2) is 0 Å². The Balaban J connectivity index is 1.57. The maximum atomic E-state index is 13.3. The molecule has 0 heterocycles. The highest BCUT2D eigenvalue weighted by Gasteiger charge is 2.70. The van der Waals surface area contributed by atoms with Crippen molar-refractivity contribution in [3.8, 4) is 0 Å². The van der Waals surface area contributed by atoms with Crippen LogP contribution < -0.4 is 0 Å². The van der Waals surface area contributed by atoms with Crippen LogP contribution in [0, 0.1) is 11.8 Å². The van der Waals surface area contributed by atoms with Crippen molar-refractivity contribution in [1.29, 1.82) is 0 Å². The summed E-state index contributed by atoms with van der Waals surface area (Å²) in [5, 5.41) is 0. The molecule has 39 heavy (non-hydrogen) atoms. The summed E-state index contributed by atoms with van der Waals surface area (Å²) in [6.45, 7) is 0. The molecule has 0 aliphatic heterocycles. The molecule has 0 N–H and O–H groups in total. The highest BCUT2D eigenvalue weighted by atomic mass is 32.2. The zero-order valence-electron chi connectivity index (χ0n) is 20.7. The molecule has 4 aromatic carbocycles. The van der Waals surface area contributed by atoms with E-state index in [-0.39, 0.29) is 9.79 Å². The maximum absolute atomic E-state index is 13.3. The molecule has 6 rings (SSSR count). The van der Waals surface area contributed by atoms with Crippen LogP contribution in [-0.2, 0) is 25.5 Å². The van der Waals surface area contributed by atoms with E-state index in [0.717, 1.165) is 11.1 Å². The number of allylic oxidation sites excluding steroid dienone is 2. The minimum Gasteiger partial charge on any atom is -0.199 e. The van der Waals surface area contributed by atoms with Crippen molar-refractivity contribution >= 4 is 31.5 Å². The van der Waals surface area contributed by atoms with Gasteiger partial charge in [-0.2, -0.15) is 25.6 Å². The van der Waals surface area contributed by atoms with Crippen LogP contribution in [0.15, 0.2) is 152 Å². The zero-order chi connectivity index (χ0) is 27.1. The monoisotopic (exact) mass is 552 g/mol. The van der Waals surface area contributed by atoms with Gasteiger partial charge in [0, 0.05) is 17.3 Å². The molecule has 2 aliphatic carbocycles. The molecule has 0 aromatic heterocycles. The summed E-state index contributed by atoms with van der Waals surface area (Å²) in [6.07, 6.45) is 3.18. The number of fused-ring (bicyclic) bond motifs is 1. The fourth-order valence-corrected chi connectivity index (χ4v) is 7.75. The van der Waals surface area contributed by atoms with Gasteiger partial charge in [-0.05, 0) is 47.5 Å². The van der Waals surface area contributed by atoms with E-state index in [1.54, 1.807) is 48.6 Å². The van der Waals surface area contributed by atoms with Gasteiger partial charge >= 0.3 is 0 Å². The number of rotatable bonds is 6. The van der Waals surface area contributed by atoms with Crippen molar-refractivity contribution < 1.29 is 16.8 Å². The van der Waals surface area contributed by atoms with Gasteiger partial charge in [0.2, 0.25) is 0 Å². The summed E-state index contributed by atoms with van der Waals surface area (Å²) < 4.78 is 61.8. The van der Waals surface area contributed by atoms with E-state index in [4.69, 9.17) is 0 Å². The van der Waals surface area contributed by atoms with E-state index in [0.29, 0.717) is 11.4 Å². The third kappa shape index (κ3) is 4.35. The van der Waals surface area contributed by atoms with Crippen molar-refractivity contribution in [3.05, 3.63) is 145 Å². The zero-order valence-corrected chi connectivity index (χ0v) is 22.3. The average Bonchev–Trinajstić information content (AvgIpc) is 3.68. The molecule has 0 radical (unpaired) electrons. The molecule has 1 fully saturated rings. The second-order valence-electron chi connectivity index (χ2n) is 9.50. The van der Waals surface area contributed by atoms with Gasteiger partial charge in [-0.3, -0.25) is 0 Å². The first-order valence-corrected chi connectivity index (χ1v) is 15.3. The fraction of sp³-hybridized carbons (Fsp3) is 0.0968. The molecular formula is C31H24N2O4S2. The number of benzene rings is 4. The van der Waals surface area contributed by atoms with E-state index in [1.165, 1.54) is 24.3 Å². The lowest BCUT2D eigenvalue weighted by atomic mass is 9.83. The second-order valence-corrected chi connectivity index (χ2v) is 12.7. The van der Waals surface area contributed by atoms with E-state index in [9.17, 15) is 16.8 Å². The second kappa shape index (κ2) is 9.55. The molecular weight excluding hydrogens is 528 g/mol. The van der Waals surface area contributed by atoms with Crippen molar-refractivity contribution in [2.75, 3.05) is 0 Å². The van der Waals surface area contributed by atoms with Crippen LogP contribution in [0.1, 0.15) is 11.1 Å². The van der Waals surface area contributed by atoms with Gasteiger partial charge in [0.05, 0.1) is 21.2 Å². The van der Waals surface area contributed by atoms with Crippen LogP contribution in [0.2, 0.25) is 0 Å². The fourth-order valence-electron chi connectivity index (χ4n) is 5.63.